The van der Waals surface area contributed by atoms with Crippen LogP contribution in [0.3, 0.4) is 0 Å². The summed E-state index contributed by atoms with van der Waals surface area (Å²) in [6.07, 6.45) is 1.86. The second-order valence-corrected chi connectivity index (χ2v) is 8.17. The molecule has 6 heteroatoms. The molecule has 2 aromatic rings. The van der Waals surface area contributed by atoms with E-state index in [1.165, 1.54) is 11.1 Å². The van der Waals surface area contributed by atoms with Crippen LogP contribution in [0.4, 0.5) is 0 Å². The van der Waals surface area contributed by atoms with Crippen LogP contribution in [0.2, 0.25) is 0 Å². The van der Waals surface area contributed by atoms with Crippen LogP contribution in [0.15, 0.2) is 47.5 Å². The van der Waals surface area contributed by atoms with Gasteiger partial charge >= 0.3 is 0 Å². The van der Waals surface area contributed by atoms with Crippen molar-refractivity contribution in [2.24, 2.45) is 0 Å². The topological polar surface area (TPSA) is 66.2 Å². The Hall–Kier alpha value is -2.52. The highest BCUT2D eigenvalue weighted by molar-refractivity contribution is 7.99. The molecule has 1 amide bonds. The molecule has 0 unspecified atom stereocenters. The summed E-state index contributed by atoms with van der Waals surface area (Å²) < 4.78 is 5.72. The molecule has 0 spiro atoms. The maximum Gasteiger partial charge on any atom is 0.227 e. The van der Waals surface area contributed by atoms with Gasteiger partial charge in [-0.2, -0.15) is 5.26 Å². The number of hydrogen-bond donors (Lipinski definition) is 0. The predicted octanol–water partition coefficient (Wildman–Crippen LogP) is 3.29. The minimum absolute atomic E-state index is 0.0378. The SMILES string of the molecule is CC(C)Sc1ccc(CC(=O)N2CC(Oc3ccc(C#N)cn3)C2)cc1. The zero-order valence-corrected chi connectivity index (χ0v) is 15.7. The number of carbonyl (C=O) groups excluding carboxylic acids is 1. The summed E-state index contributed by atoms with van der Waals surface area (Å²) >= 11 is 1.82. The molecule has 26 heavy (non-hydrogen) atoms. The van der Waals surface area contributed by atoms with Crippen molar-refractivity contribution in [1.29, 1.82) is 5.26 Å². The minimum atomic E-state index is -0.0378. The molecular weight excluding hydrogens is 346 g/mol. The van der Waals surface area contributed by atoms with E-state index in [0.29, 0.717) is 36.2 Å². The third-order valence-electron chi connectivity index (χ3n) is 4.00. The van der Waals surface area contributed by atoms with E-state index in [9.17, 15) is 4.79 Å². The Morgan fingerprint density at radius 1 is 1.31 bits per heavy atom. The van der Waals surface area contributed by atoms with Gasteiger partial charge in [-0.25, -0.2) is 4.98 Å². The number of benzene rings is 1. The normalized spacial score (nSPS) is 14.0. The Morgan fingerprint density at radius 3 is 2.62 bits per heavy atom. The standard InChI is InChI=1S/C20H21N3O2S/c1-14(2)26-18-6-3-15(4-7-18)9-20(24)23-12-17(13-23)25-19-8-5-16(10-21)11-22-19/h3-8,11,14,17H,9,12-13H2,1-2H3. The molecule has 1 aliphatic heterocycles. The Kier molecular flexibility index (Phi) is 5.79. The molecule has 2 heterocycles. The average Bonchev–Trinajstić information content (AvgIpc) is 2.59. The highest BCUT2D eigenvalue weighted by atomic mass is 32.2. The fourth-order valence-corrected chi connectivity index (χ4v) is 3.49. The first-order valence-electron chi connectivity index (χ1n) is 8.59. The molecule has 0 aliphatic carbocycles. The van der Waals surface area contributed by atoms with E-state index < -0.39 is 0 Å². The fraction of sp³-hybridized carbons (Fsp3) is 0.350. The van der Waals surface area contributed by atoms with E-state index in [4.69, 9.17) is 10.00 Å². The van der Waals surface area contributed by atoms with Crippen LogP contribution >= 0.6 is 11.8 Å². The lowest BCUT2D eigenvalue weighted by Crippen LogP contribution is -2.56. The first-order valence-corrected chi connectivity index (χ1v) is 9.47. The van der Waals surface area contributed by atoms with Crippen molar-refractivity contribution in [3.63, 3.8) is 0 Å². The minimum Gasteiger partial charge on any atom is -0.471 e. The van der Waals surface area contributed by atoms with Gasteiger partial charge in [0.25, 0.3) is 0 Å². The van der Waals surface area contributed by atoms with Gasteiger partial charge in [-0.3, -0.25) is 4.79 Å². The number of nitriles is 1. The zero-order chi connectivity index (χ0) is 18.5. The summed E-state index contributed by atoms with van der Waals surface area (Å²) in [5.74, 6) is 0.598. The maximum absolute atomic E-state index is 12.4. The summed E-state index contributed by atoms with van der Waals surface area (Å²) in [5.41, 5.74) is 1.53. The Bertz CT molecular complexity index is 791. The summed E-state index contributed by atoms with van der Waals surface area (Å²) in [4.78, 5) is 19.5. The van der Waals surface area contributed by atoms with Crippen LogP contribution in [0.1, 0.15) is 25.0 Å². The van der Waals surface area contributed by atoms with Gasteiger partial charge in [-0.05, 0) is 23.8 Å². The van der Waals surface area contributed by atoms with Crippen LogP contribution in [-0.2, 0) is 11.2 Å². The van der Waals surface area contributed by atoms with Crippen molar-refractivity contribution in [2.45, 2.75) is 36.5 Å². The number of amides is 1. The van der Waals surface area contributed by atoms with Crippen molar-refractivity contribution in [2.75, 3.05) is 13.1 Å². The molecule has 0 saturated carbocycles. The molecular formula is C20H21N3O2S. The van der Waals surface area contributed by atoms with Crippen molar-refractivity contribution in [3.05, 3.63) is 53.7 Å². The maximum atomic E-state index is 12.4. The monoisotopic (exact) mass is 367 g/mol. The number of likely N-dealkylation sites (tertiary alicyclic amines) is 1. The van der Waals surface area contributed by atoms with Crippen LogP contribution in [0, 0.1) is 11.3 Å². The van der Waals surface area contributed by atoms with Gasteiger partial charge in [0.1, 0.15) is 12.2 Å². The number of ether oxygens (including phenoxy) is 1. The van der Waals surface area contributed by atoms with Gasteiger partial charge in [0, 0.05) is 22.4 Å². The van der Waals surface area contributed by atoms with Crippen LogP contribution in [-0.4, -0.2) is 40.2 Å². The molecule has 1 aromatic heterocycles. The van der Waals surface area contributed by atoms with E-state index in [1.807, 2.05) is 30.0 Å². The molecule has 5 nitrogen and oxygen atoms in total. The third kappa shape index (κ3) is 4.77. The van der Waals surface area contributed by atoms with Crippen LogP contribution in [0.5, 0.6) is 5.88 Å². The van der Waals surface area contributed by atoms with Crippen molar-refractivity contribution >= 4 is 17.7 Å². The van der Waals surface area contributed by atoms with Crippen molar-refractivity contribution in [1.82, 2.24) is 9.88 Å². The average molecular weight is 367 g/mol. The number of rotatable bonds is 6. The predicted molar refractivity (Wildman–Crippen MR) is 101 cm³/mol. The Morgan fingerprint density at radius 2 is 2.04 bits per heavy atom. The number of aromatic nitrogens is 1. The molecule has 3 rings (SSSR count). The lowest BCUT2D eigenvalue weighted by molar-refractivity contribution is -0.139. The smallest absolute Gasteiger partial charge is 0.227 e. The number of nitrogens with zero attached hydrogens (tertiary/aromatic N) is 3. The Labute approximate surface area is 158 Å². The third-order valence-corrected chi connectivity index (χ3v) is 5.02. The highest BCUT2D eigenvalue weighted by Crippen LogP contribution is 2.23. The van der Waals surface area contributed by atoms with Gasteiger partial charge < -0.3 is 9.64 Å². The molecule has 1 saturated heterocycles. The Balaban J connectivity index is 1.45. The molecule has 0 N–H and O–H groups in total. The number of carbonyl (C=O) groups is 1. The molecule has 0 radical (unpaired) electrons. The molecule has 134 valence electrons. The van der Waals surface area contributed by atoms with E-state index in [-0.39, 0.29) is 12.0 Å². The number of thioether (sulfide) groups is 1. The van der Waals surface area contributed by atoms with Gasteiger partial charge in [-0.1, -0.05) is 26.0 Å². The lowest BCUT2D eigenvalue weighted by atomic mass is 10.1. The van der Waals surface area contributed by atoms with Gasteiger partial charge in [0.2, 0.25) is 11.8 Å². The summed E-state index contributed by atoms with van der Waals surface area (Å²) in [6, 6.07) is 13.6. The molecule has 1 fully saturated rings. The quantitative estimate of drug-likeness (QED) is 0.733. The van der Waals surface area contributed by atoms with Crippen molar-refractivity contribution < 1.29 is 9.53 Å². The summed E-state index contributed by atoms with van der Waals surface area (Å²) in [7, 11) is 0. The lowest BCUT2D eigenvalue weighted by Gasteiger charge is -2.38. The van der Waals surface area contributed by atoms with Gasteiger partial charge in [0.05, 0.1) is 25.1 Å². The first kappa shape index (κ1) is 18.3. The highest BCUT2D eigenvalue weighted by Gasteiger charge is 2.32. The molecule has 0 atom stereocenters. The zero-order valence-electron chi connectivity index (χ0n) is 14.9. The van der Waals surface area contributed by atoms with E-state index in [1.54, 1.807) is 17.0 Å². The molecule has 1 aliphatic rings. The largest absolute Gasteiger partial charge is 0.471 e. The van der Waals surface area contributed by atoms with E-state index in [0.717, 1.165) is 5.56 Å². The van der Waals surface area contributed by atoms with E-state index >= 15 is 0 Å². The second-order valence-electron chi connectivity index (χ2n) is 6.52. The first-order chi connectivity index (χ1) is 12.5. The summed E-state index contributed by atoms with van der Waals surface area (Å²) in [6.45, 7) is 5.47. The van der Waals surface area contributed by atoms with Crippen LogP contribution < -0.4 is 4.74 Å². The van der Waals surface area contributed by atoms with Crippen LogP contribution in [0.25, 0.3) is 0 Å². The fourth-order valence-electron chi connectivity index (χ4n) is 2.65. The van der Waals surface area contributed by atoms with Crippen molar-refractivity contribution in [3.8, 4) is 11.9 Å². The number of pyridine rings is 1. The van der Waals surface area contributed by atoms with E-state index in [2.05, 4.69) is 31.0 Å². The van der Waals surface area contributed by atoms with Gasteiger partial charge in [-0.15, -0.1) is 11.8 Å². The number of hydrogen-bond acceptors (Lipinski definition) is 5. The molecule has 0 bridgehead atoms. The molecule has 1 aromatic carbocycles. The van der Waals surface area contributed by atoms with Gasteiger partial charge in [0.15, 0.2) is 0 Å². The summed E-state index contributed by atoms with van der Waals surface area (Å²) in [5, 5.41) is 9.31. The second kappa shape index (κ2) is 8.24.